The standard InChI is InChI=1S/C16H12BrClN2/c17-14-7-6-13(15(18)10-14)11-20-9-8-19-16(20)12-4-2-1-3-5-12/h1-10H,11H2. The summed E-state index contributed by atoms with van der Waals surface area (Å²) >= 11 is 9.70. The molecular weight excluding hydrogens is 336 g/mol. The van der Waals surface area contributed by atoms with Gasteiger partial charge in [-0.05, 0) is 17.7 Å². The predicted octanol–water partition coefficient (Wildman–Crippen LogP) is 5.01. The van der Waals surface area contributed by atoms with Gasteiger partial charge in [0.1, 0.15) is 5.82 Å². The smallest absolute Gasteiger partial charge is 0.140 e. The Balaban J connectivity index is 1.95. The average molecular weight is 348 g/mol. The molecule has 0 aliphatic heterocycles. The Morgan fingerprint density at radius 3 is 2.65 bits per heavy atom. The van der Waals surface area contributed by atoms with E-state index >= 15 is 0 Å². The molecule has 0 atom stereocenters. The van der Waals surface area contributed by atoms with Gasteiger partial charge in [0.15, 0.2) is 0 Å². The molecule has 0 unspecified atom stereocenters. The molecule has 0 aliphatic carbocycles. The lowest BCUT2D eigenvalue weighted by Crippen LogP contribution is -2.01. The molecule has 2 aromatic carbocycles. The maximum atomic E-state index is 6.28. The van der Waals surface area contributed by atoms with Crippen LogP contribution in [0.4, 0.5) is 0 Å². The van der Waals surface area contributed by atoms with Gasteiger partial charge < -0.3 is 4.57 Å². The lowest BCUT2D eigenvalue weighted by atomic mass is 10.2. The molecule has 20 heavy (non-hydrogen) atoms. The number of halogens is 2. The van der Waals surface area contributed by atoms with Crippen molar-refractivity contribution in [2.24, 2.45) is 0 Å². The Kier molecular flexibility index (Phi) is 3.90. The summed E-state index contributed by atoms with van der Waals surface area (Å²) < 4.78 is 3.09. The van der Waals surface area contributed by atoms with Crippen LogP contribution in [-0.4, -0.2) is 9.55 Å². The van der Waals surface area contributed by atoms with Crippen LogP contribution in [0.15, 0.2) is 65.4 Å². The van der Waals surface area contributed by atoms with E-state index in [2.05, 4.69) is 37.6 Å². The Hall–Kier alpha value is -1.58. The largest absolute Gasteiger partial charge is 0.327 e. The van der Waals surface area contributed by atoms with E-state index in [1.54, 1.807) is 0 Å². The summed E-state index contributed by atoms with van der Waals surface area (Å²) in [5.41, 5.74) is 2.18. The third kappa shape index (κ3) is 2.79. The van der Waals surface area contributed by atoms with Gasteiger partial charge in [-0.15, -0.1) is 0 Å². The highest BCUT2D eigenvalue weighted by Gasteiger charge is 2.08. The average Bonchev–Trinajstić information content (AvgIpc) is 2.91. The minimum Gasteiger partial charge on any atom is -0.327 e. The highest BCUT2D eigenvalue weighted by Crippen LogP contribution is 2.24. The molecule has 0 N–H and O–H groups in total. The van der Waals surface area contributed by atoms with Crippen LogP contribution in [0.3, 0.4) is 0 Å². The van der Waals surface area contributed by atoms with Gasteiger partial charge in [-0.3, -0.25) is 0 Å². The van der Waals surface area contributed by atoms with Crippen LogP contribution in [0.1, 0.15) is 5.56 Å². The molecule has 3 rings (SSSR count). The van der Waals surface area contributed by atoms with E-state index < -0.39 is 0 Å². The fourth-order valence-electron chi connectivity index (χ4n) is 2.12. The number of imidazole rings is 1. The molecule has 3 aromatic rings. The van der Waals surface area contributed by atoms with Crippen molar-refractivity contribution in [1.29, 1.82) is 0 Å². The SMILES string of the molecule is Clc1cc(Br)ccc1Cn1ccnc1-c1ccccc1. The Morgan fingerprint density at radius 2 is 1.90 bits per heavy atom. The summed E-state index contributed by atoms with van der Waals surface area (Å²) in [6, 6.07) is 16.1. The number of benzene rings is 2. The minimum atomic E-state index is 0.705. The van der Waals surface area contributed by atoms with Crippen molar-refractivity contribution in [3.05, 3.63) is 76.0 Å². The molecule has 2 nitrogen and oxygen atoms in total. The van der Waals surface area contributed by atoms with Gasteiger partial charge >= 0.3 is 0 Å². The Morgan fingerprint density at radius 1 is 1.10 bits per heavy atom. The summed E-state index contributed by atoms with van der Waals surface area (Å²) in [6.07, 6.45) is 3.79. The molecule has 0 aliphatic rings. The van der Waals surface area contributed by atoms with Crippen molar-refractivity contribution >= 4 is 27.5 Å². The zero-order valence-electron chi connectivity index (χ0n) is 10.6. The molecule has 0 bridgehead atoms. The zero-order valence-corrected chi connectivity index (χ0v) is 13.0. The molecule has 0 radical (unpaired) electrons. The number of hydrogen-bond acceptors (Lipinski definition) is 1. The number of nitrogens with zero attached hydrogens (tertiary/aromatic N) is 2. The second-order valence-corrected chi connectivity index (χ2v) is 5.80. The normalized spacial score (nSPS) is 10.7. The van der Waals surface area contributed by atoms with Crippen molar-refractivity contribution in [3.8, 4) is 11.4 Å². The maximum absolute atomic E-state index is 6.28. The van der Waals surface area contributed by atoms with Gasteiger partial charge in [-0.1, -0.05) is 63.9 Å². The maximum Gasteiger partial charge on any atom is 0.140 e. The van der Waals surface area contributed by atoms with E-state index in [1.165, 1.54) is 0 Å². The highest BCUT2D eigenvalue weighted by molar-refractivity contribution is 9.10. The second kappa shape index (κ2) is 5.81. The third-order valence-corrected chi connectivity index (χ3v) is 3.95. The topological polar surface area (TPSA) is 17.8 Å². The molecule has 0 fully saturated rings. The number of hydrogen-bond donors (Lipinski definition) is 0. The van der Waals surface area contributed by atoms with E-state index in [9.17, 15) is 0 Å². The van der Waals surface area contributed by atoms with Crippen LogP contribution >= 0.6 is 27.5 Å². The summed E-state index contributed by atoms with van der Waals surface area (Å²) in [5, 5.41) is 0.757. The van der Waals surface area contributed by atoms with E-state index in [0.29, 0.717) is 6.54 Å². The monoisotopic (exact) mass is 346 g/mol. The van der Waals surface area contributed by atoms with Crippen LogP contribution in [0.25, 0.3) is 11.4 Å². The van der Waals surface area contributed by atoms with Gasteiger partial charge in [0, 0.05) is 27.5 Å². The van der Waals surface area contributed by atoms with E-state index in [0.717, 1.165) is 26.4 Å². The van der Waals surface area contributed by atoms with E-state index in [-0.39, 0.29) is 0 Å². The van der Waals surface area contributed by atoms with Crippen LogP contribution in [0, 0.1) is 0 Å². The first kappa shape index (κ1) is 13.4. The fraction of sp³-hybridized carbons (Fsp3) is 0.0625. The zero-order chi connectivity index (χ0) is 13.9. The van der Waals surface area contributed by atoms with Crippen molar-refractivity contribution in [3.63, 3.8) is 0 Å². The van der Waals surface area contributed by atoms with E-state index in [4.69, 9.17) is 11.6 Å². The summed E-state index contributed by atoms with van der Waals surface area (Å²) in [6.45, 7) is 0.705. The van der Waals surface area contributed by atoms with Gasteiger partial charge in [-0.25, -0.2) is 4.98 Å². The van der Waals surface area contributed by atoms with Gasteiger partial charge in [-0.2, -0.15) is 0 Å². The predicted molar refractivity (Wildman–Crippen MR) is 85.9 cm³/mol. The van der Waals surface area contributed by atoms with Gasteiger partial charge in [0.25, 0.3) is 0 Å². The second-order valence-electron chi connectivity index (χ2n) is 4.48. The van der Waals surface area contributed by atoms with Crippen LogP contribution in [0.5, 0.6) is 0 Å². The molecule has 0 amide bonds. The first-order valence-corrected chi connectivity index (χ1v) is 7.41. The number of aromatic nitrogens is 2. The van der Waals surface area contributed by atoms with Crippen molar-refractivity contribution < 1.29 is 0 Å². The first-order valence-electron chi connectivity index (χ1n) is 6.24. The van der Waals surface area contributed by atoms with Crippen molar-refractivity contribution in [2.75, 3.05) is 0 Å². The lowest BCUT2D eigenvalue weighted by molar-refractivity contribution is 0.807. The Labute approximate surface area is 131 Å². The summed E-state index contributed by atoms with van der Waals surface area (Å²) in [4.78, 5) is 4.44. The molecule has 0 spiro atoms. The third-order valence-electron chi connectivity index (χ3n) is 3.10. The van der Waals surface area contributed by atoms with Crippen LogP contribution < -0.4 is 0 Å². The lowest BCUT2D eigenvalue weighted by Gasteiger charge is -2.10. The van der Waals surface area contributed by atoms with Crippen LogP contribution in [-0.2, 0) is 6.54 Å². The van der Waals surface area contributed by atoms with Gasteiger partial charge in [0.2, 0.25) is 0 Å². The van der Waals surface area contributed by atoms with E-state index in [1.807, 2.05) is 48.8 Å². The molecule has 100 valence electrons. The van der Waals surface area contributed by atoms with Gasteiger partial charge in [0.05, 0.1) is 6.54 Å². The molecule has 1 heterocycles. The summed E-state index contributed by atoms with van der Waals surface area (Å²) in [7, 11) is 0. The highest BCUT2D eigenvalue weighted by atomic mass is 79.9. The molecule has 0 saturated carbocycles. The summed E-state index contributed by atoms with van der Waals surface area (Å²) in [5.74, 6) is 0.949. The Bertz CT molecular complexity index is 722. The van der Waals surface area contributed by atoms with Crippen LogP contribution in [0.2, 0.25) is 5.02 Å². The number of rotatable bonds is 3. The van der Waals surface area contributed by atoms with Crippen molar-refractivity contribution in [2.45, 2.75) is 6.54 Å². The minimum absolute atomic E-state index is 0.705. The quantitative estimate of drug-likeness (QED) is 0.651. The molecule has 4 heteroatoms. The molecule has 0 saturated heterocycles. The molecule has 1 aromatic heterocycles. The molecular formula is C16H12BrClN2. The fourth-order valence-corrected chi connectivity index (χ4v) is 2.85. The first-order chi connectivity index (χ1) is 9.74. The van der Waals surface area contributed by atoms with Crippen molar-refractivity contribution in [1.82, 2.24) is 9.55 Å².